The Morgan fingerprint density at radius 3 is 2.79 bits per heavy atom. The van der Waals surface area contributed by atoms with Crippen LogP contribution in [0.2, 0.25) is 0 Å². The van der Waals surface area contributed by atoms with Crippen LogP contribution in [0.3, 0.4) is 0 Å². The second-order valence-electron chi connectivity index (χ2n) is 4.77. The lowest BCUT2D eigenvalue weighted by atomic mass is 10.2. The van der Waals surface area contributed by atoms with Crippen molar-refractivity contribution in [3.05, 3.63) is 28.3 Å². The number of nitro groups is 1. The van der Waals surface area contributed by atoms with Crippen LogP contribution in [0.25, 0.3) is 0 Å². The van der Waals surface area contributed by atoms with Crippen LogP contribution < -0.4 is 11.1 Å². The van der Waals surface area contributed by atoms with Gasteiger partial charge >= 0.3 is 0 Å². The lowest BCUT2D eigenvalue weighted by Gasteiger charge is -2.12. The highest BCUT2D eigenvalue weighted by molar-refractivity contribution is 5.61. The van der Waals surface area contributed by atoms with Crippen LogP contribution in [0.5, 0.6) is 0 Å². The summed E-state index contributed by atoms with van der Waals surface area (Å²) in [7, 11) is 0. The number of ether oxygens (including phenoxy) is 1. The number of nitrogens with zero attached hydrogens (tertiary/aromatic N) is 1. The predicted octanol–water partition coefficient (Wildman–Crippen LogP) is 2.55. The van der Waals surface area contributed by atoms with Crippen molar-refractivity contribution in [2.24, 2.45) is 0 Å². The van der Waals surface area contributed by atoms with Gasteiger partial charge in [0.1, 0.15) is 0 Å². The van der Waals surface area contributed by atoms with Crippen molar-refractivity contribution in [1.82, 2.24) is 0 Å². The molecule has 0 heterocycles. The maximum absolute atomic E-state index is 10.7. The van der Waals surface area contributed by atoms with Gasteiger partial charge in [-0.05, 0) is 18.9 Å². The number of nitrogen functional groups attached to an aromatic ring is 1. The second kappa shape index (κ2) is 6.38. The number of non-ortho nitro benzene ring substituents is 1. The van der Waals surface area contributed by atoms with Crippen LogP contribution in [0.15, 0.2) is 18.2 Å². The number of anilines is 2. The van der Waals surface area contributed by atoms with Gasteiger partial charge in [-0.25, -0.2) is 0 Å². The molecule has 1 fully saturated rings. The van der Waals surface area contributed by atoms with E-state index in [2.05, 4.69) is 5.32 Å². The van der Waals surface area contributed by atoms with E-state index in [1.165, 1.54) is 25.0 Å². The van der Waals surface area contributed by atoms with E-state index in [1.54, 1.807) is 6.07 Å². The number of nitro benzene ring substituents is 1. The summed E-state index contributed by atoms with van der Waals surface area (Å²) >= 11 is 0. The third kappa shape index (κ3) is 4.10. The van der Waals surface area contributed by atoms with Gasteiger partial charge < -0.3 is 15.8 Å². The Bertz CT molecular complexity index is 445. The smallest absolute Gasteiger partial charge is 0.273 e. The van der Waals surface area contributed by atoms with Crippen molar-refractivity contribution in [1.29, 1.82) is 0 Å². The average molecular weight is 265 g/mol. The topological polar surface area (TPSA) is 90.4 Å². The minimum Gasteiger partial charge on any atom is -0.398 e. The Hall–Kier alpha value is -1.82. The first-order valence-corrected chi connectivity index (χ1v) is 6.55. The van der Waals surface area contributed by atoms with E-state index in [4.69, 9.17) is 10.5 Å². The Morgan fingerprint density at radius 2 is 2.11 bits per heavy atom. The summed E-state index contributed by atoms with van der Waals surface area (Å²) < 4.78 is 5.70. The van der Waals surface area contributed by atoms with E-state index < -0.39 is 4.92 Å². The summed E-state index contributed by atoms with van der Waals surface area (Å²) in [6.45, 7) is 1.23. The number of nitrogens with two attached hydrogens (primary N) is 1. The number of benzene rings is 1. The zero-order valence-corrected chi connectivity index (χ0v) is 10.8. The van der Waals surface area contributed by atoms with Gasteiger partial charge in [-0.2, -0.15) is 0 Å². The van der Waals surface area contributed by atoms with E-state index in [0.717, 1.165) is 12.8 Å². The molecule has 0 amide bonds. The lowest BCUT2D eigenvalue weighted by Crippen LogP contribution is -2.15. The molecule has 6 nitrogen and oxygen atoms in total. The van der Waals surface area contributed by atoms with Crippen molar-refractivity contribution in [2.75, 3.05) is 24.2 Å². The van der Waals surface area contributed by atoms with E-state index in [9.17, 15) is 10.1 Å². The van der Waals surface area contributed by atoms with Crippen LogP contribution >= 0.6 is 0 Å². The normalized spacial score (nSPS) is 15.6. The summed E-state index contributed by atoms with van der Waals surface area (Å²) in [6, 6.07) is 4.51. The van der Waals surface area contributed by atoms with E-state index in [-0.39, 0.29) is 5.69 Å². The van der Waals surface area contributed by atoms with E-state index in [1.807, 2.05) is 0 Å². The summed E-state index contributed by atoms with van der Waals surface area (Å²) in [5.41, 5.74) is 6.66. The summed E-state index contributed by atoms with van der Waals surface area (Å²) in [6.07, 6.45) is 5.17. The zero-order valence-electron chi connectivity index (χ0n) is 10.8. The molecule has 1 aliphatic carbocycles. The molecular formula is C13H19N3O3. The van der Waals surface area contributed by atoms with Gasteiger partial charge in [-0.3, -0.25) is 10.1 Å². The summed E-state index contributed by atoms with van der Waals surface area (Å²) in [5.74, 6) is 0. The molecule has 0 aliphatic heterocycles. The molecule has 104 valence electrons. The van der Waals surface area contributed by atoms with Crippen molar-refractivity contribution in [2.45, 2.75) is 31.8 Å². The lowest BCUT2D eigenvalue weighted by molar-refractivity contribution is -0.384. The first-order chi connectivity index (χ1) is 9.15. The maximum Gasteiger partial charge on any atom is 0.273 e. The van der Waals surface area contributed by atoms with Crippen LogP contribution in [-0.4, -0.2) is 24.2 Å². The minimum absolute atomic E-state index is 0.000730. The first kappa shape index (κ1) is 13.6. The highest BCUT2D eigenvalue weighted by atomic mass is 16.6. The minimum atomic E-state index is -0.448. The quantitative estimate of drug-likeness (QED) is 0.357. The predicted molar refractivity (Wildman–Crippen MR) is 74.2 cm³/mol. The molecule has 19 heavy (non-hydrogen) atoms. The van der Waals surface area contributed by atoms with Gasteiger partial charge in [0.2, 0.25) is 0 Å². The molecule has 0 spiro atoms. The molecule has 1 aromatic carbocycles. The molecule has 0 radical (unpaired) electrons. The molecule has 0 atom stereocenters. The van der Waals surface area contributed by atoms with E-state index >= 15 is 0 Å². The number of hydrogen-bond acceptors (Lipinski definition) is 5. The van der Waals surface area contributed by atoms with Crippen LogP contribution in [0.4, 0.5) is 17.1 Å². The molecule has 6 heteroatoms. The Kier molecular flexibility index (Phi) is 4.57. The Morgan fingerprint density at radius 1 is 1.37 bits per heavy atom. The SMILES string of the molecule is Nc1cc(NCCOC2CCCC2)cc([N+](=O)[O-])c1. The van der Waals surface area contributed by atoms with Gasteiger partial charge in [-0.15, -0.1) is 0 Å². The summed E-state index contributed by atoms with van der Waals surface area (Å²) in [5, 5.41) is 13.8. The third-order valence-electron chi connectivity index (χ3n) is 3.24. The summed E-state index contributed by atoms with van der Waals surface area (Å²) in [4.78, 5) is 10.3. The largest absolute Gasteiger partial charge is 0.398 e. The number of hydrogen-bond donors (Lipinski definition) is 2. The molecule has 0 aromatic heterocycles. The Balaban J connectivity index is 1.80. The van der Waals surface area contributed by atoms with Crippen molar-refractivity contribution >= 4 is 17.1 Å². The molecule has 1 aliphatic rings. The van der Waals surface area contributed by atoms with Crippen LogP contribution in [0, 0.1) is 10.1 Å². The highest BCUT2D eigenvalue weighted by Gasteiger charge is 2.14. The fourth-order valence-electron chi connectivity index (χ4n) is 2.32. The highest BCUT2D eigenvalue weighted by Crippen LogP contribution is 2.23. The average Bonchev–Trinajstić information content (AvgIpc) is 2.87. The fourth-order valence-corrected chi connectivity index (χ4v) is 2.32. The molecule has 0 saturated heterocycles. The van der Waals surface area contributed by atoms with Crippen LogP contribution in [0.1, 0.15) is 25.7 Å². The third-order valence-corrected chi connectivity index (χ3v) is 3.24. The number of rotatable bonds is 6. The molecule has 3 N–H and O–H groups in total. The van der Waals surface area contributed by atoms with Crippen molar-refractivity contribution in [3.63, 3.8) is 0 Å². The zero-order chi connectivity index (χ0) is 13.7. The molecule has 0 unspecified atom stereocenters. The van der Waals surface area contributed by atoms with Crippen LogP contribution in [-0.2, 0) is 4.74 Å². The van der Waals surface area contributed by atoms with Gasteiger partial charge in [0, 0.05) is 30.1 Å². The molecule has 1 aromatic rings. The first-order valence-electron chi connectivity index (χ1n) is 6.55. The monoisotopic (exact) mass is 265 g/mol. The standard InChI is InChI=1S/C13H19N3O3/c14-10-7-11(9-12(8-10)16(17)18)15-5-6-19-13-3-1-2-4-13/h7-9,13,15H,1-6,14H2. The second-order valence-corrected chi connectivity index (χ2v) is 4.77. The number of nitrogens with one attached hydrogen (secondary N) is 1. The fraction of sp³-hybridized carbons (Fsp3) is 0.538. The molecule has 1 saturated carbocycles. The van der Waals surface area contributed by atoms with Gasteiger partial charge in [0.25, 0.3) is 5.69 Å². The molecule has 0 bridgehead atoms. The Labute approximate surface area is 112 Å². The van der Waals surface area contributed by atoms with Gasteiger partial charge in [0.15, 0.2) is 0 Å². The van der Waals surface area contributed by atoms with Crippen molar-refractivity contribution < 1.29 is 9.66 Å². The van der Waals surface area contributed by atoms with Gasteiger partial charge in [0.05, 0.1) is 17.6 Å². The van der Waals surface area contributed by atoms with Crippen molar-refractivity contribution in [3.8, 4) is 0 Å². The van der Waals surface area contributed by atoms with E-state index in [0.29, 0.717) is 30.6 Å². The molecular weight excluding hydrogens is 246 g/mol. The maximum atomic E-state index is 10.7. The molecule has 2 rings (SSSR count). The van der Waals surface area contributed by atoms with Gasteiger partial charge in [-0.1, -0.05) is 12.8 Å².